The molecule has 0 aromatic rings. The summed E-state index contributed by atoms with van der Waals surface area (Å²) >= 11 is 0. The third-order valence-corrected chi connectivity index (χ3v) is 2.10. The molecule has 0 aliphatic carbocycles. The Labute approximate surface area is 66.0 Å². The van der Waals surface area contributed by atoms with E-state index in [1.807, 2.05) is 5.06 Å². The van der Waals surface area contributed by atoms with Gasteiger partial charge in [0, 0.05) is 13.1 Å². The summed E-state index contributed by atoms with van der Waals surface area (Å²) in [5.74, 6) is 0. The zero-order chi connectivity index (χ0) is 8.32. The third kappa shape index (κ3) is 2.11. The van der Waals surface area contributed by atoms with Gasteiger partial charge in [0.2, 0.25) is 0 Å². The van der Waals surface area contributed by atoms with Crippen LogP contribution in [0.1, 0.15) is 12.8 Å². The number of rotatable bonds is 2. The van der Waals surface area contributed by atoms with Crippen LogP contribution in [-0.4, -0.2) is 36.1 Å². The molecule has 0 unspecified atom stereocenters. The van der Waals surface area contributed by atoms with Crippen molar-refractivity contribution < 1.29 is 10.0 Å². The van der Waals surface area contributed by atoms with Gasteiger partial charge >= 0.3 is 0 Å². The Kier molecular flexibility index (Phi) is 2.80. The van der Waals surface area contributed by atoms with Gasteiger partial charge in [0.15, 0.2) is 0 Å². The van der Waals surface area contributed by atoms with Crippen LogP contribution in [0, 0.1) is 0 Å². The van der Waals surface area contributed by atoms with Crippen LogP contribution in [-0.2, 0) is 4.84 Å². The van der Waals surface area contributed by atoms with Gasteiger partial charge in [-0.1, -0.05) is 0 Å². The van der Waals surface area contributed by atoms with E-state index < -0.39 is 5.66 Å². The summed E-state index contributed by atoms with van der Waals surface area (Å²) in [7, 11) is 1.63. The monoisotopic (exact) mass is 161 g/mol. The lowest BCUT2D eigenvalue weighted by Crippen LogP contribution is -2.58. The van der Waals surface area contributed by atoms with Crippen molar-refractivity contribution >= 4 is 0 Å². The van der Waals surface area contributed by atoms with Crippen LogP contribution in [0.2, 0.25) is 0 Å². The van der Waals surface area contributed by atoms with Gasteiger partial charge in [-0.25, -0.2) is 0 Å². The Bertz CT molecular complexity index is 123. The molecule has 0 amide bonds. The number of nitrogens with one attached hydrogen (secondary N) is 1. The van der Waals surface area contributed by atoms with Crippen molar-refractivity contribution in [2.24, 2.45) is 5.73 Å². The summed E-state index contributed by atoms with van der Waals surface area (Å²) in [4.78, 5) is 5.00. The quantitative estimate of drug-likeness (QED) is 0.368. The number of hydrogen-bond acceptors (Lipinski definition) is 5. The van der Waals surface area contributed by atoms with Crippen molar-refractivity contribution in [3.8, 4) is 0 Å². The predicted octanol–water partition coefficient (Wildman–Crippen LogP) is -0.723. The Balaban J connectivity index is 2.35. The highest BCUT2D eigenvalue weighted by Gasteiger charge is 2.29. The van der Waals surface area contributed by atoms with Crippen molar-refractivity contribution in [2.45, 2.75) is 18.5 Å². The topological polar surface area (TPSA) is 70.8 Å². The van der Waals surface area contributed by atoms with Crippen molar-refractivity contribution in [1.29, 1.82) is 0 Å². The van der Waals surface area contributed by atoms with Crippen LogP contribution < -0.4 is 11.2 Å². The fourth-order valence-corrected chi connectivity index (χ4v) is 1.18. The molecule has 0 saturated carbocycles. The number of hydrogen-bond donors (Lipinski definition) is 3. The number of nitrogens with two attached hydrogens (primary N) is 1. The molecule has 0 aromatic heterocycles. The molecule has 66 valence electrons. The molecule has 1 fully saturated rings. The second-order valence-corrected chi connectivity index (χ2v) is 2.88. The summed E-state index contributed by atoms with van der Waals surface area (Å²) in [6.45, 7) is 1.50. The molecule has 0 radical (unpaired) electrons. The molecule has 4 N–H and O–H groups in total. The molecule has 1 aliphatic rings. The normalized spacial score (nSPS) is 25.4. The second kappa shape index (κ2) is 3.46. The zero-order valence-electron chi connectivity index (χ0n) is 6.71. The standard InChI is InChI=1S/C6H15N3O2/c1-11-9-4-2-6(7,8-10)3-5-9/h8,10H,2-5,7H2,1H3. The molecule has 11 heavy (non-hydrogen) atoms. The highest BCUT2D eigenvalue weighted by atomic mass is 16.7. The van der Waals surface area contributed by atoms with Crippen LogP contribution >= 0.6 is 0 Å². The van der Waals surface area contributed by atoms with E-state index in [1.165, 1.54) is 0 Å². The molecular weight excluding hydrogens is 146 g/mol. The minimum Gasteiger partial charge on any atom is -0.315 e. The molecule has 1 rings (SSSR count). The smallest absolute Gasteiger partial charge is 0.0921 e. The SMILES string of the molecule is CON1CCC(N)(NO)CC1. The second-order valence-electron chi connectivity index (χ2n) is 2.88. The maximum absolute atomic E-state index is 8.67. The molecule has 5 nitrogen and oxygen atoms in total. The van der Waals surface area contributed by atoms with E-state index in [-0.39, 0.29) is 0 Å². The first-order chi connectivity index (χ1) is 5.20. The molecule has 1 heterocycles. The molecule has 0 spiro atoms. The Hall–Kier alpha value is -0.200. The minimum absolute atomic E-state index is 0.616. The van der Waals surface area contributed by atoms with Gasteiger partial charge in [0.1, 0.15) is 0 Å². The fourth-order valence-electron chi connectivity index (χ4n) is 1.18. The minimum atomic E-state index is -0.616. The van der Waals surface area contributed by atoms with E-state index in [1.54, 1.807) is 7.11 Å². The summed E-state index contributed by atoms with van der Waals surface area (Å²) in [6.07, 6.45) is 1.38. The summed E-state index contributed by atoms with van der Waals surface area (Å²) < 4.78 is 0. The Morgan fingerprint density at radius 3 is 2.45 bits per heavy atom. The van der Waals surface area contributed by atoms with E-state index in [2.05, 4.69) is 5.48 Å². The van der Waals surface area contributed by atoms with Crippen LogP contribution in [0.25, 0.3) is 0 Å². The first-order valence-corrected chi connectivity index (χ1v) is 3.69. The lowest BCUT2D eigenvalue weighted by Gasteiger charge is -2.36. The highest BCUT2D eigenvalue weighted by Crippen LogP contribution is 2.15. The third-order valence-electron chi connectivity index (χ3n) is 2.10. The molecule has 0 atom stereocenters. The molecule has 1 aliphatic heterocycles. The van der Waals surface area contributed by atoms with Crippen molar-refractivity contribution in [2.75, 3.05) is 20.2 Å². The first kappa shape index (κ1) is 8.89. The van der Waals surface area contributed by atoms with E-state index in [0.29, 0.717) is 12.8 Å². The van der Waals surface area contributed by atoms with E-state index in [0.717, 1.165) is 13.1 Å². The van der Waals surface area contributed by atoms with Gasteiger partial charge in [-0.15, -0.1) is 0 Å². The fraction of sp³-hybridized carbons (Fsp3) is 1.00. The predicted molar refractivity (Wildman–Crippen MR) is 39.7 cm³/mol. The first-order valence-electron chi connectivity index (χ1n) is 3.69. The average Bonchev–Trinajstić information content (AvgIpc) is 2.06. The zero-order valence-corrected chi connectivity index (χ0v) is 6.71. The molecule has 0 bridgehead atoms. The van der Waals surface area contributed by atoms with E-state index in [9.17, 15) is 0 Å². The summed E-state index contributed by atoms with van der Waals surface area (Å²) in [5, 5.41) is 10.5. The van der Waals surface area contributed by atoms with Gasteiger partial charge in [0.05, 0.1) is 12.8 Å². The Morgan fingerprint density at radius 1 is 1.55 bits per heavy atom. The van der Waals surface area contributed by atoms with Crippen LogP contribution in [0.15, 0.2) is 0 Å². The number of hydroxylamine groups is 3. The van der Waals surface area contributed by atoms with Crippen LogP contribution in [0.4, 0.5) is 0 Å². The van der Waals surface area contributed by atoms with Crippen LogP contribution in [0.5, 0.6) is 0 Å². The molecule has 0 aromatic carbocycles. The van der Waals surface area contributed by atoms with Crippen molar-refractivity contribution in [3.63, 3.8) is 0 Å². The van der Waals surface area contributed by atoms with Gasteiger partial charge in [-0.3, -0.25) is 0 Å². The molecular formula is C6H15N3O2. The Morgan fingerprint density at radius 2 is 2.09 bits per heavy atom. The number of piperidine rings is 1. The molecule has 1 saturated heterocycles. The number of nitrogens with zero attached hydrogens (tertiary/aromatic N) is 1. The van der Waals surface area contributed by atoms with Gasteiger partial charge in [0.25, 0.3) is 0 Å². The highest BCUT2D eigenvalue weighted by molar-refractivity contribution is 4.83. The van der Waals surface area contributed by atoms with Crippen molar-refractivity contribution in [1.82, 2.24) is 10.5 Å². The average molecular weight is 161 g/mol. The largest absolute Gasteiger partial charge is 0.315 e. The summed E-state index contributed by atoms with van der Waals surface area (Å²) in [5.41, 5.74) is 7.24. The maximum Gasteiger partial charge on any atom is 0.0921 e. The maximum atomic E-state index is 8.67. The molecule has 5 heteroatoms. The van der Waals surface area contributed by atoms with Gasteiger partial charge < -0.3 is 15.8 Å². The van der Waals surface area contributed by atoms with E-state index >= 15 is 0 Å². The van der Waals surface area contributed by atoms with Gasteiger partial charge in [-0.05, 0) is 12.8 Å². The van der Waals surface area contributed by atoms with E-state index in [4.69, 9.17) is 15.8 Å². The van der Waals surface area contributed by atoms with Crippen LogP contribution in [0.3, 0.4) is 0 Å². The van der Waals surface area contributed by atoms with Crippen molar-refractivity contribution in [3.05, 3.63) is 0 Å². The van der Waals surface area contributed by atoms with Gasteiger partial charge in [-0.2, -0.15) is 10.5 Å². The lowest BCUT2D eigenvalue weighted by molar-refractivity contribution is -0.159. The summed E-state index contributed by atoms with van der Waals surface area (Å²) in [6, 6.07) is 0. The lowest BCUT2D eigenvalue weighted by atomic mass is 10.0.